The van der Waals surface area contributed by atoms with Crippen molar-refractivity contribution in [3.05, 3.63) is 59.7 Å². The van der Waals surface area contributed by atoms with E-state index in [1.807, 2.05) is 60.4 Å². The van der Waals surface area contributed by atoms with Gasteiger partial charge in [0.2, 0.25) is 5.91 Å². The maximum absolute atomic E-state index is 12.2. The first-order valence-corrected chi connectivity index (χ1v) is 7.56. The summed E-state index contributed by atoms with van der Waals surface area (Å²) in [6.45, 7) is 2.03. The molecule has 1 aliphatic heterocycles. The molecule has 3 rings (SSSR count). The SMILES string of the molecule is Cc1cccc(N2C(=O)CSC2c2cccc(N)c2)c1. The van der Waals surface area contributed by atoms with Crippen LogP contribution >= 0.6 is 11.8 Å². The molecule has 0 aliphatic carbocycles. The summed E-state index contributed by atoms with van der Waals surface area (Å²) in [6, 6.07) is 15.8. The number of nitrogens with two attached hydrogens (primary N) is 1. The first-order valence-electron chi connectivity index (χ1n) is 6.51. The van der Waals surface area contributed by atoms with Crippen LogP contribution in [0.25, 0.3) is 0 Å². The summed E-state index contributed by atoms with van der Waals surface area (Å²) in [5.41, 5.74) is 9.76. The molecule has 0 aromatic heterocycles. The predicted octanol–water partition coefficient (Wildman–Crippen LogP) is 3.36. The van der Waals surface area contributed by atoms with Gasteiger partial charge in [0.25, 0.3) is 0 Å². The van der Waals surface area contributed by atoms with Crippen LogP contribution in [0.3, 0.4) is 0 Å². The Bertz CT molecular complexity index is 656. The number of aryl methyl sites for hydroxylation is 1. The Morgan fingerprint density at radius 2 is 2.00 bits per heavy atom. The first-order chi connectivity index (χ1) is 9.65. The maximum atomic E-state index is 12.2. The van der Waals surface area contributed by atoms with Crippen molar-refractivity contribution in [2.45, 2.75) is 12.3 Å². The molecule has 1 atom stereocenters. The third kappa shape index (κ3) is 2.39. The highest BCUT2D eigenvalue weighted by molar-refractivity contribution is 8.00. The number of anilines is 2. The molecule has 2 N–H and O–H groups in total. The van der Waals surface area contributed by atoms with E-state index >= 15 is 0 Å². The van der Waals surface area contributed by atoms with Gasteiger partial charge in [-0.05, 0) is 42.3 Å². The van der Waals surface area contributed by atoms with E-state index in [-0.39, 0.29) is 11.3 Å². The zero-order chi connectivity index (χ0) is 14.1. The lowest BCUT2D eigenvalue weighted by Crippen LogP contribution is -2.27. The Kier molecular flexibility index (Phi) is 3.40. The van der Waals surface area contributed by atoms with Crippen molar-refractivity contribution in [3.63, 3.8) is 0 Å². The summed E-state index contributed by atoms with van der Waals surface area (Å²) < 4.78 is 0. The van der Waals surface area contributed by atoms with Crippen molar-refractivity contribution in [2.75, 3.05) is 16.4 Å². The van der Waals surface area contributed by atoms with Crippen molar-refractivity contribution in [1.82, 2.24) is 0 Å². The van der Waals surface area contributed by atoms with Crippen LogP contribution in [0.4, 0.5) is 11.4 Å². The first kappa shape index (κ1) is 13.1. The standard InChI is InChI=1S/C16H16N2OS/c1-11-4-2-7-14(8-11)18-15(19)10-20-16(18)12-5-3-6-13(17)9-12/h2-9,16H,10,17H2,1H3. The zero-order valence-corrected chi connectivity index (χ0v) is 12.1. The smallest absolute Gasteiger partial charge is 0.238 e. The molecule has 102 valence electrons. The minimum Gasteiger partial charge on any atom is -0.399 e. The molecule has 2 aromatic carbocycles. The maximum Gasteiger partial charge on any atom is 0.238 e. The summed E-state index contributed by atoms with van der Waals surface area (Å²) >= 11 is 1.64. The van der Waals surface area contributed by atoms with Crippen LogP contribution in [0.15, 0.2) is 48.5 Å². The average molecular weight is 284 g/mol. The Hall–Kier alpha value is -1.94. The van der Waals surface area contributed by atoms with E-state index in [2.05, 4.69) is 0 Å². The number of hydrogen-bond donors (Lipinski definition) is 1. The number of nitrogen functional groups attached to an aromatic ring is 1. The fraction of sp³-hybridized carbons (Fsp3) is 0.188. The van der Waals surface area contributed by atoms with Gasteiger partial charge in [-0.15, -0.1) is 11.8 Å². The Balaban J connectivity index is 2.01. The molecule has 20 heavy (non-hydrogen) atoms. The molecular formula is C16H16N2OS. The van der Waals surface area contributed by atoms with Gasteiger partial charge < -0.3 is 5.73 Å². The van der Waals surface area contributed by atoms with Crippen LogP contribution in [0.2, 0.25) is 0 Å². The minimum atomic E-state index is 0.00722. The number of carbonyl (C=O) groups excluding carboxylic acids is 1. The van der Waals surface area contributed by atoms with E-state index < -0.39 is 0 Å². The summed E-state index contributed by atoms with van der Waals surface area (Å²) in [4.78, 5) is 14.1. The van der Waals surface area contributed by atoms with Crippen molar-refractivity contribution >= 4 is 29.0 Å². The minimum absolute atomic E-state index is 0.00722. The fourth-order valence-electron chi connectivity index (χ4n) is 2.44. The van der Waals surface area contributed by atoms with Gasteiger partial charge in [-0.25, -0.2) is 0 Å². The molecule has 0 saturated carbocycles. The summed E-state index contributed by atoms with van der Waals surface area (Å²) in [5.74, 6) is 0.654. The van der Waals surface area contributed by atoms with E-state index in [1.165, 1.54) is 0 Å². The van der Waals surface area contributed by atoms with Crippen LogP contribution in [0.1, 0.15) is 16.5 Å². The Labute approximate surface area is 122 Å². The fourth-order valence-corrected chi connectivity index (χ4v) is 3.61. The second-order valence-electron chi connectivity index (χ2n) is 4.94. The molecule has 1 saturated heterocycles. The third-order valence-corrected chi connectivity index (χ3v) is 4.56. The highest BCUT2D eigenvalue weighted by Crippen LogP contribution is 2.42. The number of thioether (sulfide) groups is 1. The molecule has 4 heteroatoms. The quantitative estimate of drug-likeness (QED) is 0.860. The lowest BCUT2D eigenvalue weighted by molar-refractivity contribution is -0.115. The van der Waals surface area contributed by atoms with Gasteiger partial charge in [-0.2, -0.15) is 0 Å². The molecule has 1 heterocycles. The lowest BCUT2D eigenvalue weighted by atomic mass is 10.1. The number of carbonyl (C=O) groups is 1. The molecule has 1 fully saturated rings. The number of nitrogens with zero attached hydrogens (tertiary/aromatic N) is 1. The summed E-state index contributed by atoms with van der Waals surface area (Å²) in [5, 5.41) is 0.00722. The van der Waals surface area contributed by atoms with E-state index in [0.717, 1.165) is 22.5 Å². The largest absolute Gasteiger partial charge is 0.399 e. The van der Waals surface area contributed by atoms with Gasteiger partial charge in [0.05, 0.1) is 5.75 Å². The highest BCUT2D eigenvalue weighted by Gasteiger charge is 2.34. The Morgan fingerprint density at radius 3 is 2.75 bits per heavy atom. The second-order valence-corrected chi connectivity index (χ2v) is 6.00. The summed E-state index contributed by atoms with van der Waals surface area (Å²) in [6.07, 6.45) is 0. The highest BCUT2D eigenvalue weighted by atomic mass is 32.2. The molecule has 0 spiro atoms. The van der Waals surface area contributed by atoms with Crippen LogP contribution < -0.4 is 10.6 Å². The molecule has 1 unspecified atom stereocenters. The Morgan fingerprint density at radius 1 is 1.20 bits per heavy atom. The van der Waals surface area contributed by atoms with Crippen LogP contribution in [0.5, 0.6) is 0 Å². The number of benzene rings is 2. The number of rotatable bonds is 2. The molecule has 3 nitrogen and oxygen atoms in total. The van der Waals surface area contributed by atoms with Gasteiger partial charge in [-0.3, -0.25) is 9.69 Å². The lowest BCUT2D eigenvalue weighted by Gasteiger charge is -2.24. The predicted molar refractivity (Wildman–Crippen MR) is 84.7 cm³/mol. The number of amides is 1. The van der Waals surface area contributed by atoms with Crippen LogP contribution in [-0.4, -0.2) is 11.7 Å². The second kappa shape index (κ2) is 5.21. The molecule has 1 aliphatic rings. The topological polar surface area (TPSA) is 46.3 Å². The van der Waals surface area contributed by atoms with Gasteiger partial charge in [0.1, 0.15) is 5.37 Å². The van der Waals surface area contributed by atoms with Crippen molar-refractivity contribution < 1.29 is 4.79 Å². The molecule has 2 aromatic rings. The van der Waals surface area contributed by atoms with Crippen molar-refractivity contribution in [3.8, 4) is 0 Å². The third-order valence-electron chi connectivity index (χ3n) is 3.34. The van der Waals surface area contributed by atoms with Crippen LogP contribution in [-0.2, 0) is 4.79 Å². The van der Waals surface area contributed by atoms with Crippen LogP contribution in [0, 0.1) is 6.92 Å². The number of hydrogen-bond acceptors (Lipinski definition) is 3. The van der Waals surface area contributed by atoms with Crippen molar-refractivity contribution in [2.24, 2.45) is 0 Å². The van der Waals surface area contributed by atoms with E-state index in [9.17, 15) is 4.79 Å². The molecule has 0 radical (unpaired) electrons. The van der Waals surface area contributed by atoms with E-state index in [0.29, 0.717) is 5.75 Å². The summed E-state index contributed by atoms with van der Waals surface area (Å²) in [7, 11) is 0. The van der Waals surface area contributed by atoms with Gasteiger partial charge >= 0.3 is 0 Å². The zero-order valence-electron chi connectivity index (χ0n) is 11.2. The van der Waals surface area contributed by atoms with Gasteiger partial charge in [0.15, 0.2) is 0 Å². The van der Waals surface area contributed by atoms with Gasteiger partial charge in [-0.1, -0.05) is 24.3 Å². The van der Waals surface area contributed by atoms with E-state index in [1.54, 1.807) is 11.8 Å². The van der Waals surface area contributed by atoms with Crippen molar-refractivity contribution in [1.29, 1.82) is 0 Å². The van der Waals surface area contributed by atoms with Gasteiger partial charge in [0, 0.05) is 11.4 Å². The molecule has 0 bridgehead atoms. The average Bonchev–Trinajstić information content (AvgIpc) is 2.80. The molecular weight excluding hydrogens is 268 g/mol. The van der Waals surface area contributed by atoms with E-state index in [4.69, 9.17) is 5.73 Å². The molecule has 1 amide bonds. The monoisotopic (exact) mass is 284 g/mol. The normalized spacial score (nSPS) is 18.6.